The van der Waals surface area contributed by atoms with Crippen molar-refractivity contribution in [2.24, 2.45) is 0 Å². The van der Waals surface area contributed by atoms with E-state index in [1.807, 2.05) is 0 Å². The average Bonchev–Trinajstić information content (AvgIpc) is 2.80. The molecule has 0 bridgehead atoms. The summed E-state index contributed by atoms with van der Waals surface area (Å²) in [6, 6.07) is 12.7. The van der Waals surface area contributed by atoms with Crippen LogP contribution in [0.1, 0.15) is 48.1 Å². The fourth-order valence-corrected chi connectivity index (χ4v) is 4.87. The SMILES string of the molecule is COc1ccc(N2CCN(C)CC2)c2c1CCN([C@H](C=O)c1ccc(C(C)C)cc1)C2. The van der Waals surface area contributed by atoms with E-state index in [1.165, 1.54) is 22.4 Å². The van der Waals surface area contributed by atoms with E-state index in [2.05, 4.69) is 72.0 Å². The number of likely N-dealkylation sites (N-methyl/N-ethyl adjacent to an activating group) is 1. The van der Waals surface area contributed by atoms with E-state index in [9.17, 15) is 4.79 Å². The van der Waals surface area contributed by atoms with Crippen molar-refractivity contribution in [2.45, 2.75) is 38.8 Å². The minimum atomic E-state index is -0.221. The van der Waals surface area contributed by atoms with Crippen LogP contribution in [0.15, 0.2) is 36.4 Å². The summed E-state index contributed by atoms with van der Waals surface area (Å²) < 4.78 is 5.70. The molecule has 0 radical (unpaired) electrons. The molecule has 4 rings (SSSR count). The lowest BCUT2D eigenvalue weighted by atomic mass is 9.93. The smallest absolute Gasteiger partial charge is 0.141 e. The highest BCUT2D eigenvalue weighted by Gasteiger charge is 2.30. The molecular weight excluding hydrogens is 386 g/mol. The third-order valence-electron chi connectivity index (χ3n) is 6.90. The molecule has 0 amide bonds. The molecule has 0 aromatic heterocycles. The van der Waals surface area contributed by atoms with Crippen molar-refractivity contribution in [2.75, 3.05) is 51.8 Å². The quantitative estimate of drug-likeness (QED) is 0.662. The molecule has 0 saturated carbocycles. The largest absolute Gasteiger partial charge is 0.496 e. The molecule has 31 heavy (non-hydrogen) atoms. The number of benzene rings is 2. The Morgan fingerprint density at radius 1 is 0.903 bits per heavy atom. The standard InChI is InChI=1S/C26H35N3O2/c1-19(2)20-5-7-21(8-6-20)25(18-30)29-12-11-22-23(17-29)24(9-10-26(22)31-4)28-15-13-27(3)14-16-28/h5-10,18-19,25H,11-17H2,1-4H3/t25-/m1/s1. The molecule has 0 N–H and O–H groups in total. The van der Waals surface area contributed by atoms with Gasteiger partial charge >= 0.3 is 0 Å². The van der Waals surface area contributed by atoms with Gasteiger partial charge in [-0.15, -0.1) is 0 Å². The molecular formula is C26H35N3O2. The van der Waals surface area contributed by atoms with E-state index in [1.54, 1.807) is 7.11 Å². The van der Waals surface area contributed by atoms with Gasteiger partial charge in [-0.2, -0.15) is 0 Å². The first-order chi connectivity index (χ1) is 15.0. The van der Waals surface area contributed by atoms with Gasteiger partial charge in [0.25, 0.3) is 0 Å². The molecule has 2 aromatic carbocycles. The van der Waals surface area contributed by atoms with Crippen molar-refractivity contribution in [1.29, 1.82) is 0 Å². The van der Waals surface area contributed by atoms with Crippen LogP contribution in [0.2, 0.25) is 0 Å². The number of ether oxygens (including phenoxy) is 1. The van der Waals surface area contributed by atoms with E-state index < -0.39 is 0 Å². The zero-order valence-corrected chi connectivity index (χ0v) is 19.3. The molecule has 1 saturated heterocycles. The van der Waals surface area contributed by atoms with Crippen molar-refractivity contribution in [3.8, 4) is 5.75 Å². The number of nitrogens with zero attached hydrogens (tertiary/aromatic N) is 3. The number of methoxy groups -OCH3 is 1. The van der Waals surface area contributed by atoms with Gasteiger partial charge in [0.1, 0.15) is 12.0 Å². The zero-order chi connectivity index (χ0) is 22.0. The number of carbonyl (C=O) groups excluding carboxylic acids is 1. The van der Waals surface area contributed by atoms with E-state index in [-0.39, 0.29) is 6.04 Å². The summed E-state index contributed by atoms with van der Waals surface area (Å²) in [5, 5.41) is 0. The third kappa shape index (κ3) is 4.48. The minimum Gasteiger partial charge on any atom is -0.496 e. The van der Waals surface area contributed by atoms with Crippen molar-refractivity contribution < 1.29 is 9.53 Å². The van der Waals surface area contributed by atoms with Crippen molar-refractivity contribution >= 4 is 12.0 Å². The Balaban J connectivity index is 1.63. The molecule has 2 heterocycles. The molecule has 1 atom stereocenters. The maximum atomic E-state index is 12.2. The Bertz CT molecular complexity index is 902. The van der Waals surface area contributed by atoms with Gasteiger partial charge in [-0.25, -0.2) is 0 Å². The van der Waals surface area contributed by atoms with Gasteiger partial charge in [-0.05, 0) is 48.2 Å². The Morgan fingerprint density at radius 2 is 1.58 bits per heavy atom. The zero-order valence-electron chi connectivity index (χ0n) is 19.3. The minimum absolute atomic E-state index is 0.221. The monoisotopic (exact) mass is 421 g/mol. The Hall–Kier alpha value is -2.37. The third-order valence-corrected chi connectivity index (χ3v) is 6.90. The van der Waals surface area contributed by atoms with Crippen molar-refractivity contribution in [3.63, 3.8) is 0 Å². The lowest BCUT2D eigenvalue weighted by Gasteiger charge is -2.39. The molecule has 1 fully saturated rings. The van der Waals surface area contributed by atoms with E-state index in [0.29, 0.717) is 5.92 Å². The molecule has 0 spiro atoms. The summed E-state index contributed by atoms with van der Waals surface area (Å²) in [6.45, 7) is 10.2. The number of anilines is 1. The summed E-state index contributed by atoms with van der Waals surface area (Å²) in [4.78, 5) is 19.4. The van der Waals surface area contributed by atoms with Crippen LogP contribution in [-0.2, 0) is 17.8 Å². The Labute approximate surface area is 186 Å². The molecule has 2 aliphatic heterocycles. The number of piperazine rings is 1. The van der Waals surface area contributed by atoms with Gasteiger partial charge in [0.2, 0.25) is 0 Å². The van der Waals surface area contributed by atoms with E-state index in [0.717, 1.165) is 63.3 Å². The first-order valence-corrected chi connectivity index (χ1v) is 11.4. The predicted molar refractivity (Wildman–Crippen MR) is 126 cm³/mol. The van der Waals surface area contributed by atoms with Crippen LogP contribution in [0.3, 0.4) is 0 Å². The van der Waals surface area contributed by atoms with E-state index in [4.69, 9.17) is 4.74 Å². The van der Waals surface area contributed by atoms with Gasteiger partial charge in [-0.3, -0.25) is 4.90 Å². The first kappa shape index (κ1) is 21.8. The van der Waals surface area contributed by atoms with Gasteiger partial charge in [-0.1, -0.05) is 38.1 Å². The summed E-state index contributed by atoms with van der Waals surface area (Å²) in [6.07, 6.45) is 2.00. The second kappa shape index (κ2) is 9.41. The van der Waals surface area contributed by atoms with Gasteiger partial charge < -0.3 is 19.3 Å². The molecule has 0 unspecified atom stereocenters. The predicted octanol–water partition coefficient (Wildman–Crippen LogP) is 3.87. The molecule has 166 valence electrons. The average molecular weight is 422 g/mol. The Morgan fingerprint density at radius 3 is 2.19 bits per heavy atom. The van der Waals surface area contributed by atoms with E-state index >= 15 is 0 Å². The maximum absolute atomic E-state index is 12.2. The number of carbonyl (C=O) groups is 1. The normalized spacial score (nSPS) is 18.7. The molecule has 0 aliphatic carbocycles. The number of fused-ring (bicyclic) bond motifs is 1. The maximum Gasteiger partial charge on any atom is 0.141 e. The lowest BCUT2D eigenvalue weighted by molar-refractivity contribution is -0.113. The molecule has 5 heteroatoms. The van der Waals surface area contributed by atoms with Gasteiger partial charge in [0, 0.05) is 50.5 Å². The van der Waals surface area contributed by atoms with Crippen LogP contribution in [-0.4, -0.2) is 63.0 Å². The van der Waals surface area contributed by atoms with Crippen LogP contribution in [0.5, 0.6) is 5.75 Å². The fraction of sp³-hybridized carbons (Fsp3) is 0.500. The van der Waals surface area contributed by atoms with Crippen molar-refractivity contribution in [3.05, 3.63) is 58.7 Å². The highest BCUT2D eigenvalue weighted by atomic mass is 16.5. The highest BCUT2D eigenvalue weighted by molar-refractivity contribution is 5.64. The summed E-state index contributed by atoms with van der Waals surface area (Å²) >= 11 is 0. The number of hydrogen-bond acceptors (Lipinski definition) is 5. The first-order valence-electron chi connectivity index (χ1n) is 11.4. The van der Waals surface area contributed by atoms with Crippen LogP contribution >= 0.6 is 0 Å². The molecule has 5 nitrogen and oxygen atoms in total. The Kier molecular flexibility index (Phi) is 6.63. The van der Waals surface area contributed by atoms with Crippen LogP contribution in [0.25, 0.3) is 0 Å². The van der Waals surface area contributed by atoms with Crippen molar-refractivity contribution in [1.82, 2.24) is 9.80 Å². The van der Waals surface area contributed by atoms with Gasteiger partial charge in [0.05, 0.1) is 13.2 Å². The highest BCUT2D eigenvalue weighted by Crippen LogP contribution is 2.38. The molecule has 2 aromatic rings. The van der Waals surface area contributed by atoms with Gasteiger partial charge in [0.15, 0.2) is 0 Å². The second-order valence-electron chi connectivity index (χ2n) is 9.16. The molecule has 2 aliphatic rings. The lowest BCUT2D eigenvalue weighted by Crippen LogP contribution is -2.45. The summed E-state index contributed by atoms with van der Waals surface area (Å²) in [7, 11) is 3.93. The summed E-state index contributed by atoms with van der Waals surface area (Å²) in [5.74, 6) is 1.46. The second-order valence-corrected chi connectivity index (χ2v) is 9.16. The summed E-state index contributed by atoms with van der Waals surface area (Å²) in [5.41, 5.74) is 6.30. The number of hydrogen-bond donors (Lipinski definition) is 0. The van der Waals surface area contributed by atoms with Crippen LogP contribution < -0.4 is 9.64 Å². The van der Waals surface area contributed by atoms with Crippen LogP contribution in [0, 0.1) is 0 Å². The topological polar surface area (TPSA) is 36.0 Å². The van der Waals surface area contributed by atoms with Crippen LogP contribution in [0.4, 0.5) is 5.69 Å². The number of rotatable bonds is 6. The number of aldehydes is 1. The fourth-order valence-electron chi connectivity index (χ4n) is 4.87.